The van der Waals surface area contributed by atoms with Crippen molar-refractivity contribution < 1.29 is 0 Å². The number of aryl methyl sites for hydroxylation is 2. The quantitative estimate of drug-likeness (QED) is 0.588. The Labute approximate surface area is 104 Å². The lowest BCUT2D eigenvalue weighted by Gasteiger charge is -2.09. The first-order chi connectivity index (χ1) is 7.61. The number of hydrogen-bond acceptors (Lipinski definition) is 1. The molecule has 90 valence electrons. The summed E-state index contributed by atoms with van der Waals surface area (Å²) in [4.78, 5) is 0. The normalized spacial score (nSPS) is 12.8. The number of alkyl halides is 1. The van der Waals surface area contributed by atoms with Gasteiger partial charge in [0.05, 0.1) is 0 Å². The molecule has 0 spiro atoms. The molecule has 0 amide bonds. The van der Waals surface area contributed by atoms with Gasteiger partial charge in [-0.1, -0.05) is 36.2 Å². The van der Waals surface area contributed by atoms with E-state index in [4.69, 9.17) is 11.6 Å². The van der Waals surface area contributed by atoms with Gasteiger partial charge in [-0.25, -0.2) is 0 Å². The molecule has 1 aromatic carbocycles. The summed E-state index contributed by atoms with van der Waals surface area (Å²) in [6.45, 7) is 8.34. The third kappa shape index (κ3) is 5.00. The van der Waals surface area contributed by atoms with Crippen LogP contribution in [0.3, 0.4) is 0 Å². The zero-order valence-electron chi connectivity index (χ0n) is 10.5. The van der Waals surface area contributed by atoms with Crippen LogP contribution in [-0.4, -0.2) is 11.9 Å². The lowest BCUT2D eigenvalue weighted by molar-refractivity contribution is 0.621. The minimum atomic E-state index is 0.312. The van der Waals surface area contributed by atoms with Crippen LogP contribution in [0.15, 0.2) is 18.2 Å². The van der Waals surface area contributed by atoms with Gasteiger partial charge in [-0.2, -0.15) is 0 Å². The van der Waals surface area contributed by atoms with Gasteiger partial charge >= 0.3 is 0 Å². The second kappa shape index (κ2) is 6.93. The summed E-state index contributed by atoms with van der Waals surface area (Å²) >= 11 is 6.06. The van der Waals surface area contributed by atoms with E-state index in [1.165, 1.54) is 16.7 Å². The van der Waals surface area contributed by atoms with Crippen molar-refractivity contribution in [3.8, 4) is 0 Å². The highest BCUT2D eigenvalue weighted by Gasteiger charge is 2.00. The SMILES string of the molecule is CCC(Cl)CCNCc1cc(C)cc(C)c1. The minimum Gasteiger partial charge on any atom is -0.313 e. The number of halogens is 1. The van der Waals surface area contributed by atoms with Crippen LogP contribution in [0.5, 0.6) is 0 Å². The fourth-order valence-electron chi connectivity index (χ4n) is 1.87. The molecule has 1 unspecified atom stereocenters. The van der Waals surface area contributed by atoms with E-state index in [1.54, 1.807) is 0 Å². The fraction of sp³-hybridized carbons (Fsp3) is 0.571. The van der Waals surface area contributed by atoms with Crippen molar-refractivity contribution >= 4 is 11.6 Å². The van der Waals surface area contributed by atoms with E-state index in [0.717, 1.165) is 25.9 Å². The van der Waals surface area contributed by atoms with Crippen LogP contribution in [0.25, 0.3) is 0 Å². The second-order valence-corrected chi connectivity index (χ2v) is 5.08. The molecular formula is C14H22ClN. The first-order valence-corrected chi connectivity index (χ1v) is 6.47. The Morgan fingerprint density at radius 1 is 1.19 bits per heavy atom. The number of rotatable bonds is 6. The first kappa shape index (κ1) is 13.5. The number of nitrogens with one attached hydrogen (secondary N) is 1. The molecular weight excluding hydrogens is 218 g/mol. The van der Waals surface area contributed by atoms with Crippen LogP contribution >= 0.6 is 11.6 Å². The molecule has 1 aromatic rings. The average molecular weight is 240 g/mol. The molecule has 0 bridgehead atoms. The van der Waals surface area contributed by atoms with E-state index in [-0.39, 0.29) is 0 Å². The standard InChI is InChI=1S/C14H22ClN/c1-4-14(15)5-6-16-10-13-8-11(2)7-12(3)9-13/h7-9,14,16H,4-6,10H2,1-3H3. The Morgan fingerprint density at radius 2 is 1.81 bits per heavy atom. The molecule has 0 aromatic heterocycles. The summed E-state index contributed by atoms with van der Waals surface area (Å²) in [5.74, 6) is 0. The molecule has 0 fully saturated rings. The first-order valence-electron chi connectivity index (χ1n) is 6.03. The molecule has 1 rings (SSSR count). The summed E-state index contributed by atoms with van der Waals surface area (Å²) in [7, 11) is 0. The summed E-state index contributed by atoms with van der Waals surface area (Å²) in [5, 5.41) is 3.75. The maximum Gasteiger partial charge on any atom is 0.0345 e. The zero-order chi connectivity index (χ0) is 12.0. The molecule has 0 aliphatic heterocycles. The summed E-state index contributed by atoms with van der Waals surface area (Å²) in [6, 6.07) is 6.67. The Kier molecular flexibility index (Phi) is 5.86. The van der Waals surface area contributed by atoms with Crippen LogP contribution in [0.4, 0.5) is 0 Å². The highest BCUT2D eigenvalue weighted by atomic mass is 35.5. The Hall–Kier alpha value is -0.530. The Bertz CT molecular complexity index is 302. The predicted molar refractivity (Wildman–Crippen MR) is 72.2 cm³/mol. The van der Waals surface area contributed by atoms with Gasteiger partial charge in [-0.05, 0) is 38.8 Å². The average Bonchev–Trinajstić information content (AvgIpc) is 2.22. The van der Waals surface area contributed by atoms with Crippen LogP contribution in [-0.2, 0) is 6.54 Å². The molecule has 0 aliphatic rings. The predicted octanol–water partition coefficient (Wildman–Crippen LogP) is 3.80. The molecule has 1 atom stereocenters. The second-order valence-electron chi connectivity index (χ2n) is 4.47. The van der Waals surface area contributed by atoms with Gasteiger partial charge in [0.25, 0.3) is 0 Å². The fourth-order valence-corrected chi connectivity index (χ4v) is 1.98. The minimum absolute atomic E-state index is 0.312. The van der Waals surface area contributed by atoms with Gasteiger partial charge in [0.1, 0.15) is 0 Å². The maximum absolute atomic E-state index is 6.06. The summed E-state index contributed by atoms with van der Waals surface area (Å²) in [5.41, 5.74) is 4.03. The van der Waals surface area contributed by atoms with Crippen LogP contribution in [0.2, 0.25) is 0 Å². The van der Waals surface area contributed by atoms with Gasteiger partial charge in [0, 0.05) is 11.9 Å². The van der Waals surface area contributed by atoms with E-state index in [1.807, 2.05) is 0 Å². The van der Waals surface area contributed by atoms with Crippen molar-refractivity contribution in [3.63, 3.8) is 0 Å². The van der Waals surface area contributed by atoms with Gasteiger partial charge in [-0.15, -0.1) is 11.6 Å². The zero-order valence-corrected chi connectivity index (χ0v) is 11.3. The molecule has 16 heavy (non-hydrogen) atoms. The van der Waals surface area contributed by atoms with E-state index in [0.29, 0.717) is 5.38 Å². The van der Waals surface area contributed by atoms with E-state index >= 15 is 0 Å². The van der Waals surface area contributed by atoms with Crippen molar-refractivity contribution in [2.24, 2.45) is 0 Å². The maximum atomic E-state index is 6.06. The third-order valence-electron chi connectivity index (χ3n) is 2.69. The van der Waals surface area contributed by atoms with Crippen molar-refractivity contribution in [1.82, 2.24) is 5.32 Å². The van der Waals surface area contributed by atoms with E-state index in [2.05, 4.69) is 44.3 Å². The van der Waals surface area contributed by atoms with Crippen molar-refractivity contribution in [3.05, 3.63) is 34.9 Å². The molecule has 2 heteroatoms. The van der Waals surface area contributed by atoms with Crippen molar-refractivity contribution in [2.75, 3.05) is 6.54 Å². The lowest BCUT2D eigenvalue weighted by Crippen LogP contribution is -2.17. The van der Waals surface area contributed by atoms with Crippen molar-refractivity contribution in [1.29, 1.82) is 0 Å². The van der Waals surface area contributed by atoms with Crippen LogP contribution < -0.4 is 5.32 Å². The van der Waals surface area contributed by atoms with Gasteiger partial charge < -0.3 is 5.32 Å². The third-order valence-corrected chi connectivity index (χ3v) is 3.21. The Balaban J connectivity index is 2.32. The number of benzene rings is 1. The smallest absolute Gasteiger partial charge is 0.0345 e. The molecule has 0 saturated carbocycles. The molecule has 1 nitrogen and oxygen atoms in total. The van der Waals surface area contributed by atoms with Gasteiger partial charge in [0.15, 0.2) is 0 Å². The lowest BCUT2D eigenvalue weighted by atomic mass is 10.1. The highest BCUT2D eigenvalue weighted by Crippen LogP contribution is 2.09. The molecule has 0 heterocycles. The van der Waals surface area contributed by atoms with E-state index < -0.39 is 0 Å². The van der Waals surface area contributed by atoms with Crippen LogP contribution in [0, 0.1) is 13.8 Å². The number of hydrogen-bond donors (Lipinski definition) is 1. The summed E-state index contributed by atoms with van der Waals surface area (Å²) < 4.78 is 0. The van der Waals surface area contributed by atoms with Gasteiger partial charge in [0.2, 0.25) is 0 Å². The largest absolute Gasteiger partial charge is 0.313 e. The molecule has 0 saturated heterocycles. The molecule has 0 aliphatic carbocycles. The molecule has 1 N–H and O–H groups in total. The Morgan fingerprint density at radius 3 is 2.38 bits per heavy atom. The van der Waals surface area contributed by atoms with E-state index in [9.17, 15) is 0 Å². The summed E-state index contributed by atoms with van der Waals surface area (Å²) in [6.07, 6.45) is 2.09. The highest BCUT2D eigenvalue weighted by molar-refractivity contribution is 6.20. The monoisotopic (exact) mass is 239 g/mol. The molecule has 0 radical (unpaired) electrons. The van der Waals surface area contributed by atoms with Crippen LogP contribution in [0.1, 0.15) is 36.5 Å². The van der Waals surface area contributed by atoms with Gasteiger partial charge in [-0.3, -0.25) is 0 Å². The van der Waals surface area contributed by atoms with Crippen molar-refractivity contribution in [2.45, 2.75) is 45.5 Å². The topological polar surface area (TPSA) is 12.0 Å².